The van der Waals surface area contributed by atoms with Crippen LogP contribution < -0.4 is 5.32 Å². The van der Waals surface area contributed by atoms with Crippen LogP contribution in [0, 0.1) is 23.7 Å². The Bertz CT molecular complexity index is 635. The zero-order valence-corrected chi connectivity index (χ0v) is 16.0. The second kappa shape index (κ2) is 7.02. The summed E-state index contributed by atoms with van der Waals surface area (Å²) in [5.41, 5.74) is 1.73. The molecular formula is C20H30N2O3. The highest BCUT2D eigenvalue weighted by molar-refractivity contribution is 6.15. The van der Waals surface area contributed by atoms with Gasteiger partial charge in [-0.3, -0.25) is 9.59 Å². The predicted octanol–water partition coefficient (Wildman–Crippen LogP) is 3.24. The number of amides is 1. The van der Waals surface area contributed by atoms with E-state index in [1.807, 2.05) is 13.8 Å². The zero-order chi connectivity index (χ0) is 18.3. The number of allylic oxidation sites excluding steroid dienone is 1. The SMILES string of the molecule is CC[C@H]1O[C@@H](C2CCC3=C2N=C(NC(=O)C(C)C)CC3=O)C(C)[C@H]1C. The first-order chi connectivity index (χ1) is 11.8. The van der Waals surface area contributed by atoms with E-state index in [4.69, 9.17) is 9.73 Å². The van der Waals surface area contributed by atoms with Crippen molar-refractivity contribution in [1.29, 1.82) is 0 Å². The third-order valence-electron chi connectivity index (χ3n) is 6.14. The Morgan fingerprint density at radius 2 is 2.04 bits per heavy atom. The van der Waals surface area contributed by atoms with Crippen molar-refractivity contribution in [2.24, 2.45) is 28.7 Å². The number of hydrogen-bond donors (Lipinski definition) is 1. The molecule has 1 saturated heterocycles. The molecule has 5 heteroatoms. The standard InChI is InChI=1S/C20H30N2O3/c1-6-16-11(4)12(5)19(25-16)14-8-7-13-15(23)9-17(21-18(13)14)22-20(24)10(2)3/h10-12,14,16,19H,6-9H2,1-5H3,(H,21,22,24)/t11-,12?,14?,16-,19-/m1/s1. The van der Waals surface area contributed by atoms with Crippen LogP contribution in [0.5, 0.6) is 0 Å². The Balaban J connectivity index is 1.83. The van der Waals surface area contributed by atoms with E-state index < -0.39 is 0 Å². The minimum Gasteiger partial charge on any atom is -0.374 e. The minimum atomic E-state index is -0.128. The Morgan fingerprint density at radius 1 is 1.32 bits per heavy atom. The molecule has 0 aromatic heterocycles. The lowest BCUT2D eigenvalue weighted by molar-refractivity contribution is -0.122. The Morgan fingerprint density at radius 3 is 2.64 bits per heavy atom. The van der Waals surface area contributed by atoms with Gasteiger partial charge in [0.05, 0.1) is 24.3 Å². The van der Waals surface area contributed by atoms with Gasteiger partial charge in [-0.25, -0.2) is 4.99 Å². The molecule has 1 amide bonds. The number of rotatable bonds is 3. The van der Waals surface area contributed by atoms with Gasteiger partial charge in [-0.2, -0.15) is 0 Å². The summed E-state index contributed by atoms with van der Waals surface area (Å²) in [6.45, 7) is 10.3. The molecule has 3 aliphatic rings. The van der Waals surface area contributed by atoms with Crippen LogP contribution in [0.4, 0.5) is 0 Å². The van der Waals surface area contributed by atoms with Crippen LogP contribution in [0.3, 0.4) is 0 Å². The Kier molecular flexibility index (Phi) is 5.14. The zero-order valence-electron chi connectivity index (χ0n) is 16.0. The second-order valence-electron chi connectivity index (χ2n) is 8.08. The number of nitrogens with zero attached hydrogens (tertiary/aromatic N) is 1. The molecule has 5 nitrogen and oxygen atoms in total. The number of ether oxygens (including phenoxy) is 1. The summed E-state index contributed by atoms with van der Waals surface area (Å²) in [6, 6.07) is 0. The molecule has 0 aromatic carbocycles. The van der Waals surface area contributed by atoms with Crippen LogP contribution in [-0.4, -0.2) is 29.7 Å². The Hall–Kier alpha value is -1.49. The van der Waals surface area contributed by atoms with E-state index >= 15 is 0 Å². The quantitative estimate of drug-likeness (QED) is 0.853. The number of amidine groups is 1. The van der Waals surface area contributed by atoms with Gasteiger partial charge in [0.2, 0.25) is 5.91 Å². The fraction of sp³-hybridized carbons (Fsp3) is 0.750. The molecule has 25 heavy (non-hydrogen) atoms. The van der Waals surface area contributed by atoms with Crippen LogP contribution in [-0.2, 0) is 14.3 Å². The molecule has 2 aliphatic heterocycles. The molecular weight excluding hydrogens is 316 g/mol. The second-order valence-corrected chi connectivity index (χ2v) is 8.08. The summed E-state index contributed by atoms with van der Waals surface area (Å²) in [6.07, 6.45) is 3.32. The van der Waals surface area contributed by atoms with Crippen molar-refractivity contribution in [3.8, 4) is 0 Å². The fourth-order valence-corrected chi connectivity index (χ4v) is 4.36. The summed E-state index contributed by atoms with van der Waals surface area (Å²) in [5.74, 6) is 1.52. The first kappa shape index (κ1) is 18.3. The predicted molar refractivity (Wildman–Crippen MR) is 97.1 cm³/mol. The maximum atomic E-state index is 12.5. The number of carbonyl (C=O) groups excluding carboxylic acids is 2. The van der Waals surface area contributed by atoms with Gasteiger partial charge in [-0.1, -0.05) is 34.6 Å². The third kappa shape index (κ3) is 3.31. The number of aliphatic imine (C=N–C) groups is 1. The highest BCUT2D eigenvalue weighted by Crippen LogP contribution is 2.46. The highest BCUT2D eigenvalue weighted by atomic mass is 16.5. The molecule has 0 aromatic rings. The lowest BCUT2D eigenvalue weighted by Gasteiger charge is -2.25. The summed E-state index contributed by atoms with van der Waals surface area (Å²) in [7, 11) is 0. The molecule has 1 N–H and O–H groups in total. The van der Waals surface area contributed by atoms with E-state index in [1.165, 1.54) is 0 Å². The number of Topliss-reactive ketones (excluding diaryl/α,β-unsaturated/α-hetero) is 1. The topological polar surface area (TPSA) is 67.8 Å². The van der Waals surface area contributed by atoms with Crippen LogP contribution in [0.25, 0.3) is 0 Å². The van der Waals surface area contributed by atoms with Gasteiger partial charge >= 0.3 is 0 Å². The van der Waals surface area contributed by atoms with Gasteiger partial charge < -0.3 is 10.1 Å². The molecule has 1 fully saturated rings. The van der Waals surface area contributed by atoms with Gasteiger partial charge in [0, 0.05) is 17.4 Å². The molecule has 0 saturated carbocycles. The molecule has 0 spiro atoms. The van der Waals surface area contributed by atoms with Crippen LogP contribution >= 0.6 is 0 Å². The van der Waals surface area contributed by atoms with Crippen molar-refractivity contribution < 1.29 is 14.3 Å². The maximum absolute atomic E-state index is 12.5. The number of hydrogen-bond acceptors (Lipinski definition) is 4. The molecule has 3 rings (SSSR count). The van der Waals surface area contributed by atoms with Crippen molar-refractivity contribution >= 4 is 17.5 Å². The largest absolute Gasteiger partial charge is 0.374 e. The summed E-state index contributed by atoms with van der Waals surface area (Å²) >= 11 is 0. The lowest BCUT2D eigenvalue weighted by Crippen LogP contribution is -2.37. The fourth-order valence-electron chi connectivity index (χ4n) is 4.36. The van der Waals surface area contributed by atoms with Crippen molar-refractivity contribution in [2.45, 2.75) is 72.5 Å². The average molecular weight is 346 g/mol. The van der Waals surface area contributed by atoms with Gasteiger partial charge in [-0.05, 0) is 31.1 Å². The van der Waals surface area contributed by atoms with Crippen molar-refractivity contribution in [3.63, 3.8) is 0 Å². The first-order valence-electron chi connectivity index (χ1n) is 9.63. The monoisotopic (exact) mass is 346 g/mol. The number of nitrogens with one attached hydrogen (secondary N) is 1. The summed E-state index contributed by atoms with van der Waals surface area (Å²) in [4.78, 5) is 29.2. The summed E-state index contributed by atoms with van der Waals surface area (Å²) in [5, 5.41) is 2.83. The van der Waals surface area contributed by atoms with Gasteiger partial charge in [0.15, 0.2) is 5.78 Å². The van der Waals surface area contributed by atoms with Gasteiger partial charge in [0.1, 0.15) is 5.84 Å². The Labute approximate surface area is 150 Å². The van der Waals surface area contributed by atoms with Crippen LogP contribution in [0.2, 0.25) is 0 Å². The van der Waals surface area contributed by atoms with Gasteiger partial charge in [-0.15, -0.1) is 0 Å². The van der Waals surface area contributed by atoms with E-state index in [9.17, 15) is 9.59 Å². The molecule has 0 bridgehead atoms. The van der Waals surface area contributed by atoms with E-state index in [1.54, 1.807) is 0 Å². The van der Waals surface area contributed by atoms with Crippen molar-refractivity contribution in [2.75, 3.05) is 0 Å². The highest BCUT2D eigenvalue weighted by Gasteiger charge is 2.46. The number of ketones is 1. The third-order valence-corrected chi connectivity index (χ3v) is 6.14. The van der Waals surface area contributed by atoms with E-state index in [0.29, 0.717) is 17.7 Å². The van der Waals surface area contributed by atoms with E-state index in [0.717, 1.165) is 30.5 Å². The molecule has 138 valence electrons. The van der Waals surface area contributed by atoms with Crippen LogP contribution in [0.1, 0.15) is 60.3 Å². The molecule has 1 aliphatic carbocycles. The summed E-state index contributed by atoms with van der Waals surface area (Å²) < 4.78 is 6.36. The van der Waals surface area contributed by atoms with E-state index in [2.05, 4.69) is 26.1 Å². The minimum absolute atomic E-state index is 0.0877. The molecule has 2 heterocycles. The normalized spacial score (nSPS) is 35.2. The average Bonchev–Trinajstić information content (AvgIpc) is 3.10. The van der Waals surface area contributed by atoms with Crippen molar-refractivity contribution in [3.05, 3.63) is 11.3 Å². The maximum Gasteiger partial charge on any atom is 0.227 e. The van der Waals surface area contributed by atoms with E-state index in [-0.39, 0.29) is 42.2 Å². The molecule has 0 radical (unpaired) electrons. The number of carbonyl (C=O) groups is 2. The lowest BCUT2D eigenvalue weighted by atomic mass is 9.83. The molecule has 2 unspecified atom stereocenters. The first-order valence-corrected chi connectivity index (χ1v) is 9.63. The molecule has 5 atom stereocenters. The smallest absolute Gasteiger partial charge is 0.227 e. The van der Waals surface area contributed by atoms with Crippen molar-refractivity contribution in [1.82, 2.24) is 5.32 Å². The van der Waals surface area contributed by atoms with Crippen LogP contribution in [0.15, 0.2) is 16.3 Å². The van der Waals surface area contributed by atoms with Gasteiger partial charge in [0.25, 0.3) is 0 Å².